The van der Waals surface area contributed by atoms with E-state index in [1.54, 1.807) is 36.1 Å². The summed E-state index contributed by atoms with van der Waals surface area (Å²) >= 11 is 0. The molecule has 0 saturated carbocycles. The Labute approximate surface area is 337 Å². The molecule has 0 aromatic heterocycles. The smallest absolute Gasteiger partial charge is 0.289 e. The van der Waals surface area contributed by atoms with Crippen LogP contribution in [-0.2, 0) is 48.4 Å². The maximum atomic E-state index is 14.1. The van der Waals surface area contributed by atoms with E-state index in [9.17, 15) is 42.3 Å². The van der Waals surface area contributed by atoms with Gasteiger partial charge in [-0.25, -0.2) is 8.78 Å². The van der Waals surface area contributed by atoms with Crippen LogP contribution in [0.15, 0.2) is 48.6 Å². The number of fused-ring (bicyclic) bond motifs is 1. The lowest BCUT2D eigenvalue weighted by molar-refractivity contribution is -0.144. The van der Waals surface area contributed by atoms with E-state index in [1.807, 2.05) is 38.1 Å². The van der Waals surface area contributed by atoms with Gasteiger partial charge in [-0.3, -0.25) is 33.6 Å². The summed E-state index contributed by atoms with van der Waals surface area (Å²) in [6, 6.07) is 7.91. The van der Waals surface area contributed by atoms with E-state index in [0.717, 1.165) is 11.1 Å². The van der Waals surface area contributed by atoms with Crippen molar-refractivity contribution >= 4 is 49.2 Å². The molecule has 6 amide bonds. The number of nitrogens with one attached hydrogen (secondary N) is 5. The Balaban J connectivity index is 0.000000327. The lowest BCUT2D eigenvalue weighted by Gasteiger charge is -2.23. The quantitative estimate of drug-likeness (QED) is 0.0843. The molecule has 2 radical (unpaired) electrons. The Morgan fingerprint density at radius 2 is 1.67 bits per heavy atom. The van der Waals surface area contributed by atoms with Crippen LogP contribution in [0.25, 0.3) is 0 Å². The predicted octanol–water partition coefficient (Wildman–Crippen LogP) is 1.05. The summed E-state index contributed by atoms with van der Waals surface area (Å²) in [7, 11) is 8.04. The largest absolute Gasteiger partial charge is 0.493 e. The van der Waals surface area contributed by atoms with Gasteiger partial charge < -0.3 is 45.8 Å². The number of amides is 6. The molecule has 312 valence electrons. The number of hydrogen-bond acceptors (Lipinski definition) is 10. The highest BCUT2D eigenvalue weighted by atomic mass is 19.3. The van der Waals surface area contributed by atoms with E-state index >= 15 is 0 Å². The Morgan fingerprint density at radius 1 is 0.966 bits per heavy atom. The van der Waals surface area contributed by atoms with Crippen LogP contribution in [0.5, 0.6) is 11.5 Å². The number of carbonyl (C=O) groups is 7. The molecule has 2 unspecified atom stereocenters. The number of rotatable bonds is 13. The number of benzene rings is 2. The molecule has 3 heterocycles. The molecule has 19 heteroatoms. The molecule has 5 rings (SSSR count). The molecular weight excluding hydrogens is 759 g/mol. The molecule has 5 N–H and O–H groups in total. The van der Waals surface area contributed by atoms with Gasteiger partial charge in [0.15, 0.2) is 19.5 Å². The predicted molar refractivity (Wildman–Crippen MR) is 209 cm³/mol. The molecule has 2 aromatic carbocycles. The van der Waals surface area contributed by atoms with Crippen LogP contribution in [0.2, 0.25) is 0 Å². The van der Waals surface area contributed by atoms with E-state index in [4.69, 9.17) is 17.5 Å². The van der Waals surface area contributed by atoms with Crippen LogP contribution >= 0.6 is 0 Å². The van der Waals surface area contributed by atoms with Gasteiger partial charge in [-0.15, -0.1) is 0 Å². The van der Waals surface area contributed by atoms with Crippen molar-refractivity contribution < 1.29 is 51.8 Å². The summed E-state index contributed by atoms with van der Waals surface area (Å²) < 4.78 is 38.5. The van der Waals surface area contributed by atoms with Crippen LogP contribution in [-0.4, -0.2) is 117 Å². The SMILES string of the molecule is C/C=C\C.COc1ccc(CNC(=O)C(=O)C2CC(F)(F)CN2C(=O)CNC(=O)C2CCC(=O)N2)cc1OC.[B]NCCNC(=O)c1cccc2c1CN(C(C)=O)C2. The molecule has 3 aliphatic rings. The summed E-state index contributed by atoms with van der Waals surface area (Å²) in [4.78, 5) is 86.7. The Hall–Kier alpha value is -5.85. The summed E-state index contributed by atoms with van der Waals surface area (Å²) in [5.41, 5.74) is 3.18. The van der Waals surface area contributed by atoms with Crippen molar-refractivity contribution in [2.75, 3.05) is 40.4 Å². The van der Waals surface area contributed by atoms with Crippen molar-refractivity contribution in [3.8, 4) is 11.5 Å². The zero-order chi connectivity index (χ0) is 43.0. The molecule has 2 aromatic rings. The first kappa shape index (κ1) is 46.5. The molecular formula is C39H50BF2N7O9. The third kappa shape index (κ3) is 13.1. The number of ether oxygens (including phenoxy) is 2. The molecule has 2 atom stereocenters. The van der Waals surface area contributed by atoms with Gasteiger partial charge in [-0.1, -0.05) is 30.4 Å². The number of likely N-dealkylation sites (tertiary alicyclic amines) is 1. The molecule has 16 nitrogen and oxygen atoms in total. The Kier molecular flexibility index (Phi) is 17.8. The summed E-state index contributed by atoms with van der Waals surface area (Å²) in [6.07, 6.45) is 3.41. The molecule has 2 fully saturated rings. The summed E-state index contributed by atoms with van der Waals surface area (Å²) in [6.45, 7) is 5.80. The lowest BCUT2D eigenvalue weighted by atomic mass is 10.0. The van der Waals surface area contributed by atoms with Crippen molar-refractivity contribution in [3.05, 3.63) is 70.8 Å². The highest BCUT2D eigenvalue weighted by molar-refractivity contribution is 6.38. The number of hydrogen-bond donors (Lipinski definition) is 5. The van der Waals surface area contributed by atoms with Gasteiger partial charge >= 0.3 is 0 Å². The van der Waals surface area contributed by atoms with Crippen LogP contribution in [0.1, 0.15) is 67.1 Å². The van der Waals surface area contributed by atoms with Crippen molar-refractivity contribution in [2.24, 2.45) is 0 Å². The topological polar surface area (TPSA) is 205 Å². The summed E-state index contributed by atoms with van der Waals surface area (Å²) in [5.74, 6) is -6.81. The first-order valence-corrected chi connectivity index (χ1v) is 18.5. The Morgan fingerprint density at radius 3 is 2.28 bits per heavy atom. The van der Waals surface area contributed by atoms with Gasteiger partial charge in [0, 0.05) is 58.1 Å². The van der Waals surface area contributed by atoms with E-state index in [1.165, 1.54) is 14.2 Å². The van der Waals surface area contributed by atoms with Crippen molar-refractivity contribution in [2.45, 2.75) is 77.7 Å². The van der Waals surface area contributed by atoms with Crippen LogP contribution in [0.3, 0.4) is 0 Å². The fourth-order valence-corrected chi connectivity index (χ4v) is 6.12. The molecule has 3 aliphatic heterocycles. The molecule has 0 bridgehead atoms. The van der Waals surface area contributed by atoms with E-state index in [0.29, 0.717) is 53.7 Å². The van der Waals surface area contributed by atoms with Gasteiger partial charge in [-0.2, -0.15) is 0 Å². The standard InChI is InChI=1S/C22H26F2N4O7.C13H16BN3O2.C4H8/c1-34-15-5-3-12(7-16(15)35-2)9-25-21(33)19(31)14-8-22(23,24)11-28(14)18(30)10-26-20(32)13-4-6-17(29)27-13;1-9(18)17-7-10-3-2-4-11(12(10)8-17)13(19)15-5-6-16-14;1-3-4-2/h3,5,7,13-14H,4,6,8-11H2,1-2H3,(H,25,33)(H,26,32)(H,27,29);2-4,16H,5-8H2,1H3,(H,15,19);3-4H,1-2H3/b;;4-3-. The van der Waals surface area contributed by atoms with E-state index in [-0.39, 0.29) is 37.1 Å². The number of nitrogens with zero attached hydrogens (tertiary/aromatic N) is 2. The van der Waals surface area contributed by atoms with Crippen LogP contribution in [0.4, 0.5) is 8.78 Å². The molecule has 58 heavy (non-hydrogen) atoms. The number of ketones is 1. The average molecular weight is 810 g/mol. The van der Waals surface area contributed by atoms with Gasteiger partial charge in [0.05, 0.1) is 27.3 Å². The highest BCUT2D eigenvalue weighted by Gasteiger charge is 2.51. The third-order valence-corrected chi connectivity index (χ3v) is 9.30. The monoisotopic (exact) mass is 809 g/mol. The first-order valence-electron chi connectivity index (χ1n) is 18.5. The second-order valence-electron chi connectivity index (χ2n) is 13.4. The van der Waals surface area contributed by atoms with Gasteiger partial charge in [0.25, 0.3) is 17.7 Å². The Bertz CT molecular complexity index is 1860. The first-order chi connectivity index (χ1) is 27.6. The number of Topliss-reactive ketones (excluding diaryl/α,β-unsaturated/α-hetero) is 1. The average Bonchev–Trinajstić information content (AvgIpc) is 3.95. The minimum atomic E-state index is -3.37. The third-order valence-electron chi connectivity index (χ3n) is 9.30. The lowest BCUT2D eigenvalue weighted by Crippen LogP contribution is -2.51. The zero-order valence-electron chi connectivity index (χ0n) is 33.2. The number of alkyl halides is 2. The summed E-state index contributed by atoms with van der Waals surface area (Å²) in [5, 5.41) is 12.3. The fraction of sp³-hybridized carbons (Fsp3) is 0.462. The van der Waals surface area contributed by atoms with E-state index in [2.05, 4.69) is 26.5 Å². The molecule has 2 saturated heterocycles. The van der Waals surface area contributed by atoms with Crippen molar-refractivity contribution in [1.82, 2.24) is 36.3 Å². The minimum Gasteiger partial charge on any atom is -0.493 e. The minimum absolute atomic E-state index is 0.0230. The van der Waals surface area contributed by atoms with Gasteiger partial charge in [0.2, 0.25) is 29.4 Å². The van der Waals surface area contributed by atoms with Gasteiger partial charge in [-0.05, 0) is 55.2 Å². The number of methoxy groups -OCH3 is 2. The maximum Gasteiger partial charge on any atom is 0.289 e. The second-order valence-corrected chi connectivity index (χ2v) is 13.4. The fourth-order valence-electron chi connectivity index (χ4n) is 6.12. The number of allylic oxidation sites excluding steroid dienone is 2. The number of carbonyl (C=O) groups excluding carboxylic acids is 7. The maximum absolute atomic E-state index is 14.1. The molecule has 0 spiro atoms. The molecule has 0 aliphatic carbocycles. The number of halogens is 2. The van der Waals surface area contributed by atoms with Crippen LogP contribution in [0, 0.1) is 0 Å². The van der Waals surface area contributed by atoms with Gasteiger partial charge in [0.1, 0.15) is 12.1 Å². The second kappa shape index (κ2) is 22.2. The zero-order valence-corrected chi connectivity index (χ0v) is 33.2. The van der Waals surface area contributed by atoms with Crippen LogP contribution < -0.4 is 36.0 Å². The van der Waals surface area contributed by atoms with E-state index < -0.39 is 61.0 Å². The van der Waals surface area contributed by atoms with Crippen molar-refractivity contribution in [1.29, 1.82) is 0 Å². The highest BCUT2D eigenvalue weighted by Crippen LogP contribution is 2.33. The van der Waals surface area contributed by atoms with Crippen molar-refractivity contribution in [3.63, 3.8) is 0 Å². The normalized spacial score (nSPS) is 17.5.